The van der Waals surface area contributed by atoms with Crippen molar-refractivity contribution in [2.24, 2.45) is 5.73 Å². The molecule has 1 spiro atoms. The van der Waals surface area contributed by atoms with Crippen molar-refractivity contribution < 1.29 is 19.2 Å². The van der Waals surface area contributed by atoms with Gasteiger partial charge in [-0.15, -0.1) is 23.1 Å². The van der Waals surface area contributed by atoms with Crippen LogP contribution in [0.15, 0.2) is 46.7 Å². The molecular formula is C27H29BN2O4S2. The molecule has 0 bridgehead atoms. The zero-order valence-corrected chi connectivity index (χ0v) is 22.1. The zero-order valence-electron chi connectivity index (χ0n) is 20.5. The number of carbonyl (C=O) groups is 1. The van der Waals surface area contributed by atoms with Crippen molar-refractivity contribution in [1.29, 1.82) is 0 Å². The van der Waals surface area contributed by atoms with E-state index in [2.05, 4.69) is 12.1 Å². The second-order valence-corrected chi connectivity index (χ2v) is 12.0. The molecule has 0 aliphatic carbocycles. The van der Waals surface area contributed by atoms with E-state index in [9.17, 15) is 9.82 Å². The molecule has 1 unspecified atom stereocenters. The number of rotatable bonds is 4. The van der Waals surface area contributed by atoms with Crippen LogP contribution < -0.4 is 15.9 Å². The van der Waals surface area contributed by atoms with E-state index in [0.29, 0.717) is 26.2 Å². The Bertz CT molecular complexity index is 1340. The lowest BCUT2D eigenvalue weighted by molar-refractivity contribution is 0.0651. The van der Waals surface area contributed by atoms with Crippen LogP contribution >= 0.6 is 23.1 Å². The van der Waals surface area contributed by atoms with Gasteiger partial charge in [-0.1, -0.05) is 30.3 Å². The summed E-state index contributed by atoms with van der Waals surface area (Å²) >= 11 is 3.20. The highest BCUT2D eigenvalue weighted by Gasteiger charge is 2.44. The van der Waals surface area contributed by atoms with Gasteiger partial charge in [0.05, 0.1) is 21.8 Å². The van der Waals surface area contributed by atoms with E-state index in [1.165, 1.54) is 5.56 Å². The molecule has 1 aromatic heterocycles. The minimum atomic E-state index is -0.904. The molecule has 186 valence electrons. The number of piperidine rings is 1. The largest absolute Gasteiger partial charge is 0.492 e. The molecule has 1 fully saturated rings. The van der Waals surface area contributed by atoms with E-state index >= 15 is 0 Å². The van der Waals surface area contributed by atoms with Gasteiger partial charge < -0.3 is 25.0 Å². The molecule has 9 heteroatoms. The van der Waals surface area contributed by atoms with Crippen molar-refractivity contribution in [2.75, 3.05) is 26.0 Å². The quantitative estimate of drug-likeness (QED) is 0.401. The Hall–Kier alpha value is -2.30. The van der Waals surface area contributed by atoms with E-state index in [1.54, 1.807) is 23.1 Å². The summed E-state index contributed by atoms with van der Waals surface area (Å²) in [6.07, 6.45) is 3.60. The Labute approximate surface area is 219 Å². The Kier molecular flexibility index (Phi) is 6.16. The highest BCUT2D eigenvalue weighted by molar-refractivity contribution is 8.00. The number of nitrogens with zero attached hydrogens (tertiary/aromatic N) is 1. The minimum Gasteiger partial charge on any atom is -0.492 e. The van der Waals surface area contributed by atoms with Gasteiger partial charge in [0.15, 0.2) is 0 Å². The SMILES string of the molecule is CSc1sc(C(=O)N2CCC3(CC2)COc2ccc(CN)cc23)cc1-c1cccc2c1C(C)OB2O. The number of carbonyl (C=O) groups excluding carboxylic acids is 1. The molecule has 3 N–H and O–H groups in total. The number of thiophene rings is 1. The second kappa shape index (κ2) is 9.22. The highest BCUT2D eigenvalue weighted by atomic mass is 32.2. The number of thioether (sulfide) groups is 1. The first-order chi connectivity index (χ1) is 17.4. The third kappa shape index (κ3) is 3.80. The molecule has 3 aliphatic rings. The fourth-order valence-corrected chi connectivity index (χ4v) is 7.75. The third-order valence-corrected chi connectivity index (χ3v) is 10.2. The number of fused-ring (bicyclic) bond motifs is 3. The van der Waals surface area contributed by atoms with Crippen LogP contribution in [0.4, 0.5) is 0 Å². The summed E-state index contributed by atoms with van der Waals surface area (Å²) in [7, 11) is -0.904. The fraction of sp³-hybridized carbons (Fsp3) is 0.370. The van der Waals surface area contributed by atoms with Gasteiger partial charge in [0.2, 0.25) is 0 Å². The average Bonchev–Trinajstić information content (AvgIpc) is 3.58. The maximum atomic E-state index is 13.6. The molecule has 1 amide bonds. The molecule has 6 rings (SSSR count). The first kappa shape index (κ1) is 24.1. The standard InChI is InChI=1S/C27H29BN2O4S2/c1-16-24-18(4-3-5-21(24)28(32)34-16)19-13-23(36-26(19)35-2)25(31)30-10-8-27(9-11-30)15-33-22-7-6-17(14-29)12-20(22)27/h3-7,12-13,16,32H,8-11,14-15,29H2,1-2H3. The molecule has 4 heterocycles. The van der Waals surface area contributed by atoms with Crippen LogP contribution in [0.3, 0.4) is 0 Å². The van der Waals surface area contributed by atoms with Crippen LogP contribution in [-0.2, 0) is 16.6 Å². The van der Waals surface area contributed by atoms with E-state index in [1.807, 2.05) is 48.4 Å². The Morgan fingerprint density at radius 2 is 2.06 bits per heavy atom. The Balaban J connectivity index is 1.25. The lowest BCUT2D eigenvalue weighted by Crippen LogP contribution is -2.45. The summed E-state index contributed by atoms with van der Waals surface area (Å²) in [5.41, 5.74) is 12.1. The molecule has 0 radical (unpaired) electrons. The molecule has 0 saturated carbocycles. The molecule has 2 aromatic carbocycles. The van der Waals surface area contributed by atoms with Crippen LogP contribution in [0.2, 0.25) is 0 Å². The van der Waals surface area contributed by atoms with Gasteiger partial charge in [-0.3, -0.25) is 4.79 Å². The van der Waals surface area contributed by atoms with Crippen molar-refractivity contribution in [3.63, 3.8) is 0 Å². The number of ether oxygens (including phenoxy) is 1. The summed E-state index contributed by atoms with van der Waals surface area (Å²) in [5, 5.41) is 10.3. The number of hydrogen-bond donors (Lipinski definition) is 2. The van der Waals surface area contributed by atoms with Crippen LogP contribution in [-0.4, -0.2) is 48.9 Å². The van der Waals surface area contributed by atoms with Gasteiger partial charge in [-0.05, 0) is 60.3 Å². The average molecular weight is 520 g/mol. The Morgan fingerprint density at radius 3 is 2.81 bits per heavy atom. The third-order valence-electron chi connectivity index (χ3n) is 7.89. The van der Waals surface area contributed by atoms with E-state index in [-0.39, 0.29) is 17.4 Å². The van der Waals surface area contributed by atoms with E-state index < -0.39 is 7.12 Å². The maximum absolute atomic E-state index is 13.6. The number of amides is 1. The molecular weight excluding hydrogens is 491 g/mol. The predicted molar refractivity (Wildman–Crippen MR) is 145 cm³/mol. The number of hydrogen-bond acceptors (Lipinski definition) is 7. The van der Waals surface area contributed by atoms with E-state index in [4.69, 9.17) is 15.1 Å². The lowest BCUT2D eigenvalue weighted by Gasteiger charge is -2.38. The molecule has 36 heavy (non-hydrogen) atoms. The van der Waals surface area contributed by atoms with Crippen LogP contribution in [0, 0.1) is 0 Å². The molecule has 3 aliphatic heterocycles. The minimum absolute atomic E-state index is 0.0378. The topological polar surface area (TPSA) is 85.0 Å². The van der Waals surface area contributed by atoms with Crippen molar-refractivity contribution >= 4 is 41.6 Å². The van der Waals surface area contributed by atoms with Crippen LogP contribution in [0.5, 0.6) is 5.75 Å². The fourth-order valence-electron chi connectivity index (χ4n) is 5.89. The van der Waals surface area contributed by atoms with Gasteiger partial charge in [-0.25, -0.2) is 0 Å². The molecule has 1 saturated heterocycles. The number of likely N-dealkylation sites (tertiary alicyclic amines) is 1. The van der Waals surface area contributed by atoms with Crippen molar-refractivity contribution in [3.8, 4) is 16.9 Å². The summed E-state index contributed by atoms with van der Waals surface area (Å²) in [6.45, 7) is 4.55. The lowest BCUT2D eigenvalue weighted by atomic mass is 9.74. The van der Waals surface area contributed by atoms with E-state index in [0.717, 1.165) is 55.4 Å². The van der Waals surface area contributed by atoms with Crippen molar-refractivity contribution in [3.05, 3.63) is 64.0 Å². The van der Waals surface area contributed by atoms with Gasteiger partial charge in [0.1, 0.15) is 5.75 Å². The summed E-state index contributed by atoms with van der Waals surface area (Å²) in [6, 6.07) is 14.2. The number of nitrogens with two attached hydrogens (primary N) is 1. The van der Waals surface area contributed by atoms with Crippen LogP contribution in [0.25, 0.3) is 11.1 Å². The number of benzene rings is 2. The van der Waals surface area contributed by atoms with Gasteiger partial charge >= 0.3 is 7.12 Å². The molecule has 1 atom stereocenters. The monoisotopic (exact) mass is 520 g/mol. The smallest absolute Gasteiger partial charge is 0.491 e. The van der Waals surface area contributed by atoms with Crippen molar-refractivity contribution in [1.82, 2.24) is 4.90 Å². The normalized spacial score (nSPS) is 19.9. The first-order valence-corrected chi connectivity index (χ1v) is 14.4. The van der Waals surface area contributed by atoms with Crippen molar-refractivity contribution in [2.45, 2.75) is 42.0 Å². The van der Waals surface area contributed by atoms with Crippen LogP contribution in [0.1, 0.15) is 52.2 Å². The second-order valence-electron chi connectivity index (χ2n) is 9.85. The van der Waals surface area contributed by atoms with Gasteiger partial charge in [0.25, 0.3) is 5.91 Å². The first-order valence-electron chi connectivity index (χ1n) is 12.3. The maximum Gasteiger partial charge on any atom is 0.491 e. The Morgan fingerprint density at radius 1 is 1.25 bits per heavy atom. The summed E-state index contributed by atoms with van der Waals surface area (Å²) in [5.74, 6) is 1.04. The van der Waals surface area contributed by atoms with Gasteiger partial charge in [0, 0.05) is 36.2 Å². The summed E-state index contributed by atoms with van der Waals surface area (Å²) < 4.78 is 12.8. The predicted octanol–water partition coefficient (Wildman–Crippen LogP) is 3.94. The van der Waals surface area contributed by atoms with Gasteiger partial charge in [-0.2, -0.15) is 0 Å². The molecule has 6 nitrogen and oxygen atoms in total. The molecule has 3 aromatic rings. The zero-order chi connectivity index (χ0) is 25.0. The summed E-state index contributed by atoms with van der Waals surface area (Å²) in [4.78, 5) is 16.4. The highest BCUT2D eigenvalue weighted by Crippen LogP contribution is 2.47.